The van der Waals surface area contributed by atoms with Crippen LogP contribution >= 0.6 is 0 Å². The van der Waals surface area contributed by atoms with E-state index in [1.807, 2.05) is 26.0 Å². The highest BCUT2D eigenvalue weighted by atomic mass is 16.1. The van der Waals surface area contributed by atoms with Gasteiger partial charge in [0, 0.05) is 7.05 Å². The third kappa shape index (κ3) is 3.28. The zero-order valence-electron chi connectivity index (χ0n) is 6.85. The van der Waals surface area contributed by atoms with Crippen molar-refractivity contribution in [2.24, 2.45) is 5.92 Å². The number of allylic oxidation sites excluding steroid dienone is 1. The third-order valence-electron chi connectivity index (χ3n) is 1.32. The van der Waals surface area contributed by atoms with Gasteiger partial charge in [-0.25, -0.2) is 0 Å². The molecule has 0 radical (unpaired) electrons. The van der Waals surface area contributed by atoms with Gasteiger partial charge in [-0.05, 0) is 6.42 Å². The summed E-state index contributed by atoms with van der Waals surface area (Å²) >= 11 is 0. The summed E-state index contributed by atoms with van der Waals surface area (Å²) in [6, 6.07) is 0. The number of amides is 1. The van der Waals surface area contributed by atoms with Crippen molar-refractivity contribution in [3.63, 3.8) is 0 Å². The lowest BCUT2D eigenvalue weighted by Crippen LogP contribution is -2.23. The van der Waals surface area contributed by atoms with Crippen LogP contribution in [0, 0.1) is 5.92 Å². The summed E-state index contributed by atoms with van der Waals surface area (Å²) < 4.78 is 0. The van der Waals surface area contributed by atoms with E-state index in [4.69, 9.17) is 0 Å². The average Bonchev–Trinajstić information content (AvgIpc) is 1.98. The van der Waals surface area contributed by atoms with Crippen molar-refractivity contribution in [1.29, 1.82) is 0 Å². The van der Waals surface area contributed by atoms with E-state index in [9.17, 15) is 4.79 Å². The second kappa shape index (κ2) is 5.03. The minimum Gasteiger partial charge on any atom is -0.359 e. The molecule has 1 atom stereocenters. The zero-order chi connectivity index (χ0) is 7.98. The molecule has 0 fully saturated rings. The van der Waals surface area contributed by atoms with Crippen molar-refractivity contribution >= 4 is 5.91 Å². The highest BCUT2D eigenvalue weighted by Gasteiger charge is 2.04. The Morgan fingerprint density at radius 3 is 2.70 bits per heavy atom. The fourth-order valence-electron chi connectivity index (χ4n) is 0.655. The van der Waals surface area contributed by atoms with Crippen molar-refractivity contribution < 1.29 is 4.79 Å². The molecule has 0 heterocycles. The Morgan fingerprint density at radius 1 is 1.70 bits per heavy atom. The highest BCUT2D eigenvalue weighted by Crippen LogP contribution is 1.96. The van der Waals surface area contributed by atoms with Crippen molar-refractivity contribution in [1.82, 2.24) is 5.32 Å². The Hall–Kier alpha value is -0.790. The molecule has 2 nitrogen and oxygen atoms in total. The SMILES string of the molecule is CC/C=C\C(C)C(=O)NC. The van der Waals surface area contributed by atoms with E-state index in [-0.39, 0.29) is 11.8 Å². The van der Waals surface area contributed by atoms with E-state index in [1.54, 1.807) is 7.05 Å². The molecule has 58 valence electrons. The second-order valence-electron chi connectivity index (χ2n) is 2.24. The third-order valence-corrected chi connectivity index (χ3v) is 1.32. The number of hydrogen-bond donors (Lipinski definition) is 1. The number of carbonyl (C=O) groups excluding carboxylic acids is 1. The number of hydrogen-bond acceptors (Lipinski definition) is 1. The van der Waals surface area contributed by atoms with Gasteiger partial charge >= 0.3 is 0 Å². The quantitative estimate of drug-likeness (QED) is 0.590. The summed E-state index contributed by atoms with van der Waals surface area (Å²) in [6.45, 7) is 3.93. The van der Waals surface area contributed by atoms with Gasteiger partial charge in [-0.3, -0.25) is 4.79 Å². The van der Waals surface area contributed by atoms with Gasteiger partial charge in [0.2, 0.25) is 5.91 Å². The Labute approximate surface area is 62.3 Å². The zero-order valence-corrected chi connectivity index (χ0v) is 6.85. The van der Waals surface area contributed by atoms with Crippen molar-refractivity contribution in [3.05, 3.63) is 12.2 Å². The molecule has 0 aromatic rings. The number of nitrogens with one attached hydrogen (secondary N) is 1. The summed E-state index contributed by atoms with van der Waals surface area (Å²) in [7, 11) is 1.65. The highest BCUT2D eigenvalue weighted by molar-refractivity contribution is 5.79. The van der Waals surface area contributed by atoms with Gasteiger partial charge in [0.25, 0.3) is 0 Å². The maximum absolute atomic E-state index is 10.9. The Kier molecular flexibility index (Phi) is 4.63. The van der Waals surface area contributed by atoms with E-state index < -0.39 is 0 Å². The molecule has 0 aromatic heterocycles. The van der Waals surface area contributed by atoms with Gasteiger partial charge in [0.15, 0.2) is 0 Å². The van der Waals surface area contributed by atoms with Gasteiger partial charge < -0.3 is 5.32 Å². The maximum atomic E-state index is 10.9. The van der Waals surface area contributed by atoms with Crippen LogP contribution in [0.25, 0.3) is 0 Å². The van der Waals surface area contributed by atoms with Crippen LogP contribution in [0.2, 0.25) is 0 Å². The first-order chi connectivity index (χ1) is 4.72. The molecule has 1 amide bonds. The second-order valence-corrected chi connectivity index (χ2v) is 2.24. The van der Waals surface area contributed by atoms with E-state index in [1.165, 1.54) is 0 Å². The summed E-state index contributed by atoms with van der Waals surface area (Å²) in [5.74, 6) is 0.0784. The van der Waals surface area contributed by atoms with Crippen LogP contribution in [0.15, 0.2) is 12.2 Å². The lowest BCUT2D eigenvalue weighted by molar-refractivity contribution is -0.122. The van der Waals surface area contributed by atoms with Crippen molar-refractivity contribution in [2.45, 2.75) is 20.3 Å². The average molecular weight is 141 g/mol. The van der Waals surface area contributed by atoms with Gasteiger partial charge in [0.05, 0.1) is 5.92 Å². The van der Waals surface area contributed by atoms with Gasteiger partial charge in [-0.15, -0.1) is 0 Å². The van der Waals surface area contributed by atoms with E-state index in [0.29, 0.717) is 0 Å². The maximum Gasteiger partial charge on any atom is 0.226 e. The van der Waals surface area contributed by atoms with Gasteiger partial charge in [0.1, 0.15) is 0 Å². The van der Waals surface area contributed by atoms with E-state index in [0.717, 1.165) is 6.42 Å². The smallest absolute Gasteiger partial charge is 0.226 e. The standard InChI is InChI=1S/C8H15NO/c1-4-5-6-7(2)8(10)9-3/h5-7H,4H2,1-3H3,(H,9,10)/b6-5-. The number of rotatable bonds is 3. The predicted molar refractivity (Wildman–Crippen MR) is 42.7 cm³/mol. The Bertz CT molecular complexity index is 129. The lowest BCUT2D eigenvalue weighted by atomic mass is 10.1. The largest absolute Gasteiger partial charge is 0.359 e. The summed E-state index contributed by atoms with van der Waals surface area (Å²) in [5, 5.41) is 2.58. The summed E-state index contributed by atoms with van der Waals surface area (Å²) in [4.78, 5) is 10.9. The normalized spacial score (nSPS) is 13.5. The molecule has 2 heteroatoms. The lowest BCUT2D eigenvalue weighted by Gasteiger charge is -2.02. The van der Waals surface area contributed by atoms with Crippen LogP contribution in [0.4, 0.5) is 0 Å². The molecule has 0 aliphatic heterocycles. The molecule has 0 aromatic carbocycles. The molecule has 0 rings (SSSR count). The van der Waals surface area contributed by atoms with Gasteiger partial charge in [-0.1, -0.05) is 26.0 Å². The van der Waals surface area contributed by atoms with Gasteiger partial charge in [-0.2, -0.15) is 0 Å². The molecular weight excluding hydrogens is 126 g/mol. The molecule has 0 spiro atoms. The summed E-state index contributed by atoms with van der Waals surface area (Å²) in [6.07, 6.45) is 4.90. The molecule has 10 heavy (non-hydrogen) atoms. The topological polar surface area (TPSA) is 29.1 Å². The number of carbonyl (C=O) groups is 1. The fraction of sp³-hybridized carbons (Fsp3) is 0.625. The van der Waals surface area contributed by atoms with E-state index in [2.05, 4.69) is 5.32 Å². The van der Waals surface area contributed by atoms with Crippen LogP contribution in [-0.4, -0.2) is 13.0 Å². The molecule has 1 N–H and O–H groups in total. The van der Waals surface area contributed by atoms with Crippen molar-refractivity contribution in [2.75, 3.05) is 7.05 Å². The molecule has 0 saturated carbocycles. The molecule has 0 aliphatic carbocycles. The predicted octanol–water partition coefficient (Wildman–Crippen LogP) is 1.33. The minimum absolute atomic E-state index is 0.00458. The minimum atomic E-state index is 0.00458. The van der Waals surface area contributed by atoms with Crippen LogP contribution < -0.4 is 5.32 Å². The first-order valence-corrected chi connectivity index (χ1v) is 3.60. The van der Waals surface area contributed by atoms with Crippen LogP contribution in [0.3, 0.4) is 0 Å². The summed E-state index contributed by atoms with van der Waals surface area (Å²) in [5.41, 5.74) is 0. The Morgan fingerprint density at radius 2 is 2.30 bits per heavy atom. The van der Waals surface area contributed by atoms with Crippen LogP contribution in [0.5, 0.6) is 0 Å². The molecular formula is C8H15NO. The monoisotopic (exact) mass is 141 g/mol. The van der Waals surface area contributed by atoms with Crippen LogP contribution in [-0.2, 0) is 4.79 Å². The van der Waals surface area contributed by atoms with E-state index >= 15 is 0 Å². The molecule has 0 aliphatic rings. The van der Waals surface area contributed by atoms with Crippen LogP contribution in [0.1, 0.15) is 20.3 Å². The Balaban J connectivity index is 3.72. The molecule has 1 unspecified atom stereocenters. The fourth-order valence-corrected chi connectivity index (χ4v) is 0.655. The first kappa shape index (κ1) is 9.21. The first-order valence-electron chi connectivity index (χ1n) is 3.60. The van der Waals surface area contributed by atoms with Crippen molar-refractivity contribution in [3.8, 4) is 0 Å². The molecule has 0 bridgehead atoms. The molecule has 0 saturated heterocycles.